The molecule has 1 aliphatic rings. The van der Waals surface area contributed by atoms with Gasteiger partial charge in [0.25, 0.3) is 0 Å². The number of pyridine rings is 1. The number of nitrogens with one attached hydrogen (secondary N) is 1. The number of rotatable bonds is 4. The van der Waals surface area contributed by atoms with Crippen LogP contribution in [0.15, 0.2) is 23.9 Å². The fourth-order valence-corrected chi connectivity index (χ4v) is 2.31. The van der Waals surface area contributed by atoms with E-state index in [-0.39, 0.29) is 0 Å². The monoisotopic (exact) mass is 241 g/mol. The molecule has 0 spiro atoms. The van der Waals surface area contributed by atoms with E-state index in [9.17, 15) is 0 Å². The van der Waals surface area contributed by atoms with Gasteiger partial charge in [-0.3, -0.25) is 0 Å². The van der Waals surface area contributed by atoms with Crippen LogP contribution >= 0.6 is 0 Å². The minimum atomic E-state index is 0.662. The molecule has 2 rings (SSSR count). The third kappa shape index (κ3) is 3.10. The molecule has 0 aromatic carbocycles. The van der Waals surface area contributed by atoms with Gasteiger partial charge < -0.3 is 5.32 Å². The average molecular weight is 241 g/mol. The molecule has 0 atom stereocenters. The Morgan fingerprint density at radius 2 is 2.33 bits per heavy atom. The Balaban J connectivity index is 1.92. The number of allylic oxidation sites excluding steroid dienone is 1. The SMILES string of the molecule is Cc1ccnc(NCCC2=CCCCC2)c1C#N. The van der Waals surface area contributed by atoms with Crippen LogP contribution in [-0.2, 0) is 0 Å². The van der Waals surface area contributed by atoms with Crippen molar-refractivity contribution in [2.75, 3.05) is 11.9 Å². The maximum atomic E-state index is 9.11. The molecule has 1 aliphatic carbocycles. The number of nitriles is 1. The molecule has 1 N–H and O–H groups in total. The van der Waals surface area contributed by atoms with Crippen LogP contribution in [-0.4, -0.2) is 11.5 Å². The molecule has 1 heterocycles. The maximum Gasteiger partial charge on any atom is 0.144 e. The molecule has 94 valence electrons. The molecule has 0 radical (unpaired) electrons. The molecule has 18 heavy (non-hydrogen) atoms. The Morgan fingerprint density at radius 1 is 1.44 bits per heavy atom. The third-order valence-electron chi connectivity index (χ3n) is 3.39. The zero-order chi connectivity index (χ0) is 12.8. The van der Waals surface area contributed by atoms with Crippen LogP contribution in [0.2, 0.25) is 0 Å². The summed E-state index contributed by atoms with van der Waals surface area (Å²) in [4.78, 5) is 4.24. The van der Waals surface area contributed by atoms with Gasteiger partial charge in [-0.2, -0.15) is 5.26 Å². The summed E-state index contributed by atoms with van der Waals surface area (Å²) in [5.74, 6) is 0.717. The van der Waals surface area contributed by atoms with E-state index in [4.69, 9.17) is 5.26 Å². The largest absolute Gasteiger partial charge is 0.369 e. The first kappa shape index (κ1) is 12.6. The van der Waals surface area contributed by atoms with Crippen molar-refractivity contribution in [3.05, 3.63) is 35.0 Å². The van der Waals surface area contributed by atoms with Crippen molar-refractivity contribution in [1.29, 1.82) is 5.26 Å². The first-order chi connectivity index (χ1) is 8.81. The molecule has 0 amide bonds. The summed E-state index contributed by atoms with van der Waals surface area (Å²) in [6.07, 6.45) is 10.3. The van der Waals surface area contributed by atoms with Gasteiger partial charge in [-0.05, 0) is 50.7 Å². The van der Waals surface area contributed by atoms with Crippen molar-refractivity contribution in [1.82, 2.24) is 4.98 Å². The second-order valence-corrected chi connectivity index (χ2v) is 4.75. The fourth-order valence-electron chi connectivity index (χ4n) is 2.31. The Bertz CT molecular complexity index is 483. The van der Waals surface area contributed by atoms with E-state index in [1.807, 2.05) is 13.0 Å². The first-order valence-electron chi connectivity index (χ1n) is 6.59. The second kappa shape index (κ2) is 6.20. The van der Waals surface area contributed by atoms with Crippen molar-refractivity contribution in [2.24, 2.45) is 0 Å². The number of aryl methyl sites for hydroxylation is 1. The predicted molar refractivity (Wildman–Crippen MR) is 73.3 cm³/mol. The van der Waals surface area contributed by atoms with Crippen molar-refractivity contribution in [2.45, 2.75) is 39.0 Å². The van der Waals surface area contributed by atoms with E-state index in [0.29, 0.717) is 11.4 Å². The standard InChI is InChI=1S/C15H19N3/c1-12-7-9-17-15(14(12)11-16)18-10-8-13-5-3-2-4-6-13/h5,7,9H,2-4,6,8,10H2,1H3,(H,17,18). The maximum absolute atomic E-state index is 9.11. The van der Waals surface area contributed by atoms with E-state index in [1.54, 1.807) is 11.8 Å². The van der Waals surface area contributed by atoms with E-state index in [1.165, 1.54) is 25.7 Å². The molecule has 3 heteroatoms. The lowest BCUT2D eigenvalue weighted by molar-refractivity contribution is 0.679. The molecule has 0 unspecified atom stereocenters. The van der Waals surface area contributed by atoms with Gasteiger partial charge >= 0.3 is 0 Å². The average Bonchev–Trinajstić information content (AvgIpc) is 2.40. The highest BCUT2D eigenvalue weighted by atomic mass is 15.0. The number of aromatic nitrogens is 1. The number of hydrogen-bond donors (Lipinski definition) is 1. The van der Waals surface area contributed by atoms with Crippen LogP contribution in [0.5, 0.6) is 0 Å². The Labute approximate surface area is 109 Å². The van der Waals surface area contributed by atoms with Crippen LogP contribution in [0.1, 0.15) is 43.2 Å². The molecule has 1 aromatic heterocycles. The summed E-state index contributed by atoms with van der Waals surface area (Å²) in [5, 5.41) is 12.4. The topological polar surface area (TPSA) is 48.7 Å². The van der Waals surface area contributed by atoms with E-state index in [0.717, 1.165) is 18.5 Å². The number of anilines is 1. The lowest BCUT2D eigenvalue weighted by Gasteiger charge is -2.13. The Hall–Kier alpha value is -1.82. The summed E-state index contributed by atoms with van der Waals surface area (Å²) in [5.41, 5.74) is 3.18. The molecule has 0 saturated carbocycles. The molecule has 0 bridgehead atoms. The Morgan fingerprint density at radius 3 is 3.06 bits per heavy atom. The zero-order valence-corrected chi connectivity index (χ0v) is 10.9. The van der Waals surface area contributed by atoms with E-state index in [2.05, 4.69) is 22.4 Å². The van der Waals surface area contributed by atoms with Gasteiger partial charge in [0.15, 0.2) is 0 Å². The summed E-state index contributed by atoms with van der Waals surface area (Å²) >= 11 is 0. The van der Waals surface area contributed by atoms with Crippen molar-refractivity contribution in [3.63, 3.8) is 0 Å². The fraction of sp³-hybridized carbons (Fsp3) is 0.467. The third-order valence-corrected chi connectivity index (χ3v) is 3.39. The first-order valence-corrected chi connectivity index (χ1v) is 6.59. The predicted octanol–water partition coefficient (Wildman–Crippen LogP) is 3.56. The lowest BCUT2D eigenvalue weighted by Crippen LogP contribution is -2.07. The number of nitrogens with zero attached hydrogens (tertiary/aromatic N) is 2. The van der Waals surface area contributed by atoms with Crippen LogP contribution in [0.3, 0.4) is 0 Å². The smallest absolute Gasteiger partial charge is 0.144 e. The van der Waals surface area contributed by atoms with Gasteiger partial charge in [-0.15, -0.1) is 0 Å². The van der Waals surface area contributed by atoms with Gasteiger partial charge in [-0.1, -0.05) is 11.6 Å². The van der Waals surface area contributed by atoms with Crippen molar-refractivity contribution < 1.29 is 0 Å². The summed E-state index contributed by atoms with van der Waals surface area (Å²) in [6.45, 7) is 2.80. The highest BCUT2D eigenvalue weighted by molar-refractivity contribution is 5.55. The van der Waals surface area contributed by atoms with Crippen molar-refractivity contribution >= 4 is 5.82 Å². The van der Waals surface area contributed by atoms with Gasteiger partial charge in [0.05, 0.1) is 5.56 Å². The highest BCUT2D eigenvalue weighted by Gasteiger charge is 2.07. The van der Waals surface area contributed by atoms with E-state index < -0.39 is 0 Å². The minimum absolute atomic E-state index is 0.662. The molecule has 3 nitrogen and oxygen atoms in total. The van der Waals surface area contributed by atoms with Gasteiger partial charge in [0, 0.05) is 12.7 Å². The van der Waals surface area contributed by atoms with Gasteiger partial charge in [0.1, 0.15) is 11.9 Å². The van der Waals surface area contributed by atoms with E-state index >= 15 is 0 Å². The summed E-state index contributed by atoms with van der Waals surface area (Å²) in [7, 11) is 0. The normalized spacial score (nSPS) is 14.8. The molecular formula is C15H19N3. The molecule has 0 fully saturated rings. The van der Waals surface area contributed by atoms with Crippen LogP contribution in [0, 0.1) is 18.3 Å². The van der Waals surface area contributed by atoms with Crippen molar-refractivity contribution in [3.8, 4) is 6.07 Å². The van der Waals surface area contributed by atoms with Crippen LogP contribution < -0.4 is 5.32 Å². The van der Waals surface area contributed by atoms with Crippen LogP contribution in [0.25, 0.3) is 0 Å². The summed E-state index contributed by atoms with van der Waals surface area (Å²) in [6, 6.07) is 4.08. The van der Waals surface area contributed by atoms with Gasteiger partial charge in [0.2, 0.25) is 0 Å². The molecule has 1 aromatic rings. The van der Waals surface area contributed by atoms with Gasteiger partial charge in [-0.25, -0.2) is 4.98 Å². The minimum Gasteiger partial charge on any atom is -0.369 e. The van der Waals surface area contributed by atoms with Crippen LogP contribution in [0.4, 0.5) is 5.82 Å². The summed E-state index contributed by atoms with van der Waals surface area (Å²) < 4.78 is 0. The Kier molecular flexibility index (Phi) is 4.35. The molecular weight excluding hydrogens is 222 g/mol. The molecule has 0 saturated heterocycles. The highest BCUT2D eigenvalue weighted by Crippen LogP contribution is 2.20. The second-order valence-electron chi connectivity index (χ2n) is 4.75. The quantitative estimate of drug-likeness (QED) is 0.820. The number of hydrogen-bond acceptors (Lipinski definition) is 3. The molecule has 0 aliphatic heterocycles. The zero-order valence-electron chi connectivity index (χ0n) is 10.9. The lowest BCUT2D eigenvalue weighted by atomic mass is 9.97.